The molecular weight excluding hydrogens is 214 g/mol. The van der Waals surface area contributed by atoms with Crippen LogP contribution in [0.3, 0.4) is 0 Å². The van der Waals surface area contributed by atoms with E-state index in [4.69, 9.17) is 5.21 Å². The van der Waals surface area contributed by atoms with Crippen molar-refractivity contribution in [1.29, 1.82) is 0 Å². The summed E-state index contributed by atoms with van der Waals surface area (Å²) in [6.07, 6.45) is 1.42. The number of hydrogen-bond acceptors (Lipinski definition) is 3. The summed E-state index contributed by atoms with van der Waals surface area (Å²) in [5.41, 5.74) is 1.17. The molecule has 4 heteroatoms. The van der Waals surface area contributed by atoms with Gasteiger partial charge in [0.25, 0.3) is 0 Å². The minimum absolute atomic E-state index is 0.951. The fourth-order valence-electron chi connectivity index (χ4n) is 0.604. The molecule has 1 aromatic rings. The molecule has 0 aliphatic carbocycles. The molecule has 0 aliphatic heterocycles. The van der Waals surface area contributed by atoms with Crippen molar-refractivity contribution in [3.63, 3.8) is 0 Å². The molecule has 0 unspecified atom stereocenters. The zero-order valence-electron chi connectivity index (χ0n) is 5.34. The number of aryl methyl sites for hydroxylation is 1. The molecule has 1 N–H and O–H groups in total. The van der Waals surface area contributed by atoms with Gasteiger partial charge in [0.1, 0.15) is 0 Å². The molecule has 10 heavy (non-hydrogen) atoms. The molecule has 0 saturated heterocycles. The number of thiophene rings is 1. The van der Waals surface area contributed by atoms with Crippen LogP contribution in [0.2, 0.25) is 0 Å². The highest BCUT2D eigenvalue weighted by Crippen LogP contribution is 2.25. The Bertz CT molecular complexity index is 237. The third-order valence-electron chi connectivity index (χ3n) is 1.06. The molecule has 0 spiro atoms. The summed E-state index contributed by atoms with van der Waals surface area (Å²) in [7, 11) is 0. The molecule has 0 aromatic carbocycles. The third-order valence-corrected chi connectivity index (χ3v) is 3.13. The lowest BCUT2D eigenvalue weighted by Gasteiger charge is -1.77. The first-order valence-corrected chi connectivity index (χ1v) is 4.28. The largest absolute Gasteiger partial charge is 0.411 e. The molecule has 0 saturated carbocycles. The zero-order valence-corrected chi connectivity index (χ0v) is 7.74. The van der Waals surface area contributed by atoms with Gasteiger partial charge in [-0.15, -0.1) is 11.3 Å². The summed E-state index contributed by atoms with van der Waals surface area (Å²) in [6, 6.07) is 1.95. The summed E-state index contributed by atoms with van der Waals surface area (Å²) in [5.74, 6) is 0. The first-order chi connectivity index (χ1) is 4.74. The average Bonchev–Trinajstić information content (AvgIpc) is 2.14. The summed E-state index contributed by atoms with van der Waals surface area (Å²) < 4.78 is 1.09. The molecule has 0 bridgehead atoms. The Balaban J connectivity index is 2.98. The van der Waals surface area contributed by atoms with Crippen LogP contribution in [0, 0.1) is 6.92 Å². The molecule has 2 nitrogen and oxygen atoms in total. The van der Waals surface area contributed by atoms with E-state index in [2.05, 4.69) is 21.1 Å². The van der Waals surface area contributed by atoms with Gasteiger partial charge in [-0.05, 0) is 34.5 Å². The zero-order chi connectivity index (χ0) is 7.56. The number of rotatable bonds is 1. The van der Waals surface area contributed by atoms with Crippen LogP contribution in [0.5, 0.6) is 0 Å². The molecule has 1 heterocycles. The predicted octanol–water partition coefficient (Wildman–Crippen LogP) is 2.63. The topological polar surface area (TPSA) is 32.6 Å². The van der Waals surface area contributed by atoms with Crippen molar-refractivity contribution in [2.45, 2.75) is 6.92 Å². The number of halogens is 1. The van der Waals surface area contributed by atoms with E-state index in [1.54, 1.807) is 11.3 Å². The summed E-state index contributed by atoms with van der Waals surface area (Å²) in [5, 5.41) is 11.1. The van der Waals surface area contributed by atoms with Gasteiger partial charge < -0.3 is 5.21 Å². The van der Waals surface area contributed by atoms with Crippen LogP contribution in [-0.4, -0.2) is 11.4 Å². The van der Waals surface area contributed by atoms with E-state index < -0.39 is 0 Å². The minimum Gasteiger partial charge on any atom is -0.411 e. The van der Waals surface area contributed by atoms with Crippen molar-refractivity contribution in [3.8, 4) is 0 Å². The van der Waals surface area contributed by atoms with Gasteiger partial charge >= 0.3 is 0 Å². The molecular formula is C6H6BrNOS. The highest BCUT2D eigenvalue weighted by molar-refractivity contribution is 9.11. The van der Waals surface area contributed by atoms with E-state index in [9.17, 15) is 0 Å². The normalized spacial score (nSPS) is 11.0. The van der Waals surface area contributed by atoms with Gasteiger partial charge in [0, 0.05) is 0 Å². The highest BCUT2D eigenvalue weighted by Gasteiger charge is 1.98. The SMILES string of the molecule is Cc1cc(C=NO)sc1Br. The maximum Gasteiger partial charge on any atom is 0.0834 e. The van der Waals surface area contributed by atoms with Gasteiger partial charge in [-0.3, -0.25) is 0 Å². The van der Waals surface area contributed by atoms with Crippen molar-refractivity contribution in [2.75, 3.05) is 0 Å². The monoisotopic (exact) mass is 219 g/mol. The van der Waals surface area contributed by atoms with Gasteiger partial charge in [-0.25, -0.2) is 0 Å². The second-order valence-electron chi connectivity index (χ2n) is 1.85. The summed E-state index contributed by atoms with van der Waals surface area (Å²) >= 11 is 4.91. The Morgan fingerprint density at radius 3 is 2.90 bits per heavy atom. The first-order valence-electron chi connectivity index (χ1n) is 2.67. The van der Waals surface area contributed by atoms with Crippen molar-refractivity contribution >= 4 is 33.5 Å². The van der Waals surface area contributed by atoms with E-state index in [0.29, 0.717) is 0 Å². The molecule has 0 atom stereocenters. The maximum absolute atomic E-state index is 8.18. The van der Waals surface area contributed by atoms with E-state index >= 15 is 0 Å². The van der Waals surface area contributed by atoms with Gasteiger partial charge in [-0.2, -0.15) is 0 Å². The minimum atomic E-state index is 0.951. The van der Waals surface area contributed by atoms with E-state index in [-0.39, 0.29) is 0 Å². The molecule has 1 aromatic heterocycles. The lowest BCUT2D eigenvalue weighted by Crippen LogP contribution is -1.69. The van der Waals surface area contributed by atoms with Crippen molar-refractivity contribution in [3.05, 3.63) is 20.3 Å². The smallest absolute Gasteiger partial charge is 0.0834 e. The molecule has 0 amide bonds. The van der Waals surface area contributed by atoms with Crippen LogP contribution in [0.15, 0.2) is 15.0 Å². The maximum atomic E-state index is 8.18. The van der Waals surface area contributed by atoms with Crippen LogP contribution in [0.25, 0.3) is 0 Å². The Morgan fingerprint density at radius 2 is 2.50 bits per heavy atom. The lowest BCUT2D eigenvalue weighted by atomic mass is 10.3. The van der Waals surface area contributed by atoms with E-state index in [0.717, 1.165) is 8.66 Å². The highest BCUT2D eigenvalue weighted by atomic mass is 79.9. The van der Waals surface area contributed by atoms with Crippen LogP contribution in [-0.2, 0) is 0 Å². The van der Waals surface area contributed by atoms with E-state index in [1.807, 2.05) is 13.0 Å². The second-order valence-corrected chi connectivity index (χ2v) is 4.25. The molecule has 54 valence electrons. The van der Waals surface area contributed by atoms with Crippen LogP contribution in [0.4, 0.5) is 0 Å². The third kappa shape index (κ3) is 1.58. The molecule has 0 aliphatic rings. The standard InChI is InChI=1S/C6H6BrNOS/c1-4-2-5(3-8-9)10-6(4)7/h2-3,9H,1H3. The van der Waals surface area contributed by atoms with E-state index in [1.165, 1.54) is 11.8 Å². The number of nitrogens with zero attached hydrogens (tertiary/aromatic N) is 1. The predicted molar refractivity (Wildman–Crippen MR) is 46.1 cm³/mol. The number of hydrogen-bond donors (Lipinski definition) is 1. The van der Waals surface area contributed by atoms with Crippen LogP contribution < -0.4 is 0 Å². The number of oxime groups is 1. The summed E-state index contributed by atoms with van der Waals surface area (Å²) in [6.45, 7) is 2.00. The summed E-state index contributed by atoms with van der Waals surface area (Å²) in [4.78, 5) is 0.951. The first kappa shape index (κ1) is 7.75. The fourth-order valence-corrected chi connectivity index (χ4v) is 2.04. The van der Waals surface area contributed by atoms with Crippen molar-refractivity contribution in [2.24, 2.45) is 5.16 Å². The Morgan fingerprint density at radius 1 is 1.80 bits per heavy atom. The van der Waals surface area contributed by atoms with Crippen molar-refractivity contribution in [1.82, 2.24) is 0 Å². The fraction of sp³-hybridized carbons (Fsp3) is 0.167. The molecule has 1 rings (SSSR count). The van der Waals surface area contributed by atoms with Crippen LogP contribution >= 0.6 is 27.3 Å². The Labute approximate surface area is 71.3 Å². The quantitative estimate of drug-likeness (QED) is 0.440. The Hall–Kier alpha value is -0.350. The lowest BCUT2D eigenvalue weighted by molar-refractivity contribution is 0.322. The molecule has 0 radical (unpaired) electrons. The average molecular weight is 220 g/mol. The van der Waals surface area contributed by atoms with Crippen LogP contribution in [0.1, 0.15) is 10.4 Å². The van der Waals surface area contributed by atoms with Crippen molar-refractivity contribution < 1.29 is 5.21 Å². The van der Waals surface area contributed by atoms with Gasteiger partial charge in [-0.1, -0.05) is 5.16 Å². The molecule has 0 fully saturated rings. The second kappa shape index (κ2) is 3.16. The Kier molecular flexibility index (Phi) is 2.45. The van der Waals surface area contributed by atoms with Gasteiger partial charge in [0.05, 0.1) is 14.9 Å². The van der Waals surface area contributed by atoms with Gasteiger partial charge in [0.15, 0.2) is 0 Å². The van der Waals surface area contributed by atoms with Gasteiger partial charge in [0.2, 0.25) is 0 Å².